The van der Waals surface area contributed by atoms with Crippen molar-refractivity contribution in [2.45, 2.75) is 127 Å². The van der Waals surface area contributed by atoms with Crippen LogP contribution in [0.2, 0.25) is 0 Å². The third kappa shape index (κ3) is 19.9. The van der Waals surface area contributed by atoms with E-state index in [1.165, 1.54) is 0 Å². The number of rotatable bonds is 22. The third-order valence-electron chi connectivity index (χ3n) is 5.56. The molecule has 0 aliphatic rings. The van der Waals surface area contributed by atoms with Gasteiger partial charge in [0.2, 0.25) is 0 Å². The van der Waals surface area contributed by atoms with E-state index < -0.39 is 12.2 Å². The fourth-order valence-corrected chi connectivity index (χ4v) is 4.56. The van der Waals surface area contributed by atoms with Gasteiger partial charge < -0.3 is 24.4 Å². The van der Waals surface area contributed by atoms with Crippen molar-refractivity contribution in [3.63, 3.8) is 0 Å². The number of hydrogen-bond acceptors (Lipinski definition) is 5. The Morgan fingerprint density at radius 1 is 0.686 bits per heavy atom. The largest absolute Gasteiger partial charge is 0.389 e. The van der Waals surface area contributed by atoms with Gasteiger partial charge in [-0.2, -0.15) is 0 Å². The summed E-state index contributed by atoms with van der Waals surface area (Å²) in [6, 6.07) is 0. The second-order valence-electron chi connectivity index (χ2n) is 10.7. The van der Waals surface area contributed by atoms with Crippen molar-refractivity contribution in [2.24, 2.45) is 11.8 Å². The number of alkyl halides is 2. The quantitative estimate of drug-likeness (QED) is 0.0738. The molecule has 208 valence electrons. The first kappa shape index (κ1) is 35.2. The zero-order chi connectivity index (χ0) is 27.0. The Morgan fingerprint density at radius 2 is 1.03 bits per heavy atom. The molecule has 6 unspecified atom stereocenters. The lowest BCUT2D eigenvalue weighted by molar-refractivity contribution is -0.253. The molecule has 6 atom stereocenters. The molecule has 0 rings (SSSR count). The molecule has 0 saturated carbocycles. The molecular weight excluding hydrogens is 576 g/mol. The molecule has 0 amide bonds. The maximum absolute atomic E-state index is 9.99. The first-order chi connectivity index (χ1) is 16.3. The summed E-state index contributed by atoms with van der Waals surface area (Å²) >= 11 is 7.58. The summed E-state index contributed by atoms with van der Waals surface area (Å²) in [6.07, 6.45) is 4.80. The van der Waals surface area contributed by atoms with Crippen LogP contribution in [-0.4, -0.2) is 57.9 Å². The smallest absolute Gasteiger partial charge is 0.161 e. The van der Waals surface area contributed by atoms with Crippen molar-refractivity contribution in [2.75, 3.05) is 13.2 Å². The average Bonchev–Trinajstić information content (AvgIpc) is 2.75. The highest BCUT2D eigenvalue weighted by Gasteiger charge is 2.24. The van der Waals surface area contributed by atoms with Crippen LogP contribution in [0.15, 0.2) is 24.3 Å². The zero-order valence-corrected chi connectivity index (χ0v) is 26.2. The van der Waals surface area contributed by atoms with Gasteiger partial charge in [0.15, 0.2) is 12.6 Å². The number of ether oxygens (including phenoxy) is 3. The molecule has 0 aromatic carbocycles. The summed E-state index contributed by atoms with van der Waals surface area (Å²) in [5.74, 6) is 0.804. The minimum absolute atomic E-state index is 0.214. The minimum Gasteiger partial charge on any atom is -0.389 e. The number of halogens is 2. The van der Waals surface area contributed by atoms with E-state index in [0.29, 0.717) is 50.7 Å². The molecule has 0 spiro atoms. The molecule has 5 nitrogen and oxygen atoms in total. The van der Waals surface area contributed by atoms with Crippen LogP contribution in [0.5, 0.6) is 0 Å². The van der Waals surface area contributed by atoms with Crippen molar-refractivity contribution in [1.29, 1.82) is 0 Å². The molecule has 35 heavy (non-hydrogen) atoms. The topological polar surface area (TPSA) is 68.2 Å². The predicted molar refractivity (Wildman–Crippen MR) is 154 cm³/mol. The number of aliphatic hydroxyl groups excluding tert-OH is 2. The maximum atomic E-state index is 9.99. The van der Waals surface area contributed by atoms with Crippen molar-refractivity contribution in [3.05, 3.63) is 24.3 Å². The summed E-state index contributed by atoms with van der Waals surface area (Å²) < 4.78 is 18.7. The Balaban J connectivity index is 4.98. The Hall–Kier alpha value is 0.240. The van der Waals surface area contributed by atoms with E-state index in [9.17, 15) is 10.2 Å². The lowest BCUT2D eigenvalue weighted by atomic mass is 10.0. The summed E-state index contributed by atoms with van der Waals surface area (Å²) in [5.41, 5.74) is 1.61. The van der Waals surface area contributed by atoms with Crippen LogP contribution in [-0.2, 0) is 14.2 Å². The highest BCUT2D eigenvalue weighted by Crippen LogP contribution is 2.25. The summed E-state index contributed by atoms with van der Waals surface area (Å²) in [6.45, 7) is 21.1. The van der Waals surface area contributed by atoms with Gasteiger partial charge in [0.05, 0.1) is 25.4 Å². The summed E-state index contributed by atoms with van der Waals surface area (Å²) in [7, 11) is 0. The molecule has 0 radical (unpaired) electrons. The molecule has 0 aromatic heterocycles. The van der Waals surface area contributed by atoms with Crippen LogP contribution in [0.1, 0.15) is 92.9 Å². The second kappa shape index (κ2) is 20.2. The monoisotopic (exact) mass is 626 g/mol. The third-order valence-corrected chi connectivity index (χ3v) is 7.22. The van der Waals surface area contributed by atoms with Crippen molar-refractivity contribution in [3.8, 4) is 0 Å². The molecular formula is C28H52Br2O5. The molecule has 0 bridgehead atoms. The van der Waals surface area contributed by atoms with Crippen molar-refractivity contribution < 1.29 is 24.4 Å². The van der Waals surface area contributed by atoms with Gasteiger partial charge in [-0.15, -0.1) is 0 Å². The molecule has 0 fully saturated rings. The normalized spacial score (nSPS) is 17.3. The average molecular weight is 629 g/mol. The van der Waals surface area contributed by atoms with Crippen LogP contribution >= 0.6 is 31.9 Å². The zero-order valence-electron chi connectivity index (χ0n) is 23.0. The molecule has 0 aromatic rings. The highest BCUT2D eigenvalue weighted by atomic mass is 79.9. The van der Waals surface area contributed by atoms with Gasteiger partial charge in [-0.25, -0.2) is 0 Å². The molecule has 0 aliphatic carbocycles. The highest BCUT2D eigenvalue weighted by molar-refractivity contribution is 9.09. The van der Waals surface area contributed by atoms with E-state index in [0.717, 1.165) is 36.8 Å². The van der Waals surface area contributed by atoms with Gasteiger partial charge in [-0.05, 0) is 64.2 Å². The van der Waals surface area contributed by atoms with Gasteiger partial charge in [0.1, 0.15) is 0 Å². The maximum Gasteiger partial charge on any atom is 0.161 e. The Morgan fingerprint density at radius 3 is 1.31 bits per heavy atom. The number of aliphatic hydroxyl groups is 2. The predicted octanol–water partition coefficient (Wildman–Crippen LogP) is 7.52. The van der Waals surface area contributed by atoms with E-state index in [1.54, 1.807) is 0 Å². The number of hydrogen-bond donors (Lipinski definition) is 2. The standard InChI is InChI=1S/C28H52Br2O5/c1-19(2)17-33-27(15-23(29)11-9-13-25(31)21(5)6)35-28(34-18-20(3)4)16-24(30)12-10-14-26(32)22(7)8/h19-20,23-28,31-32H,5,7,9-18H2,1-4,6,8H3. The first-order valence-corrected chi connectivity index (χ1v) is 15.0. The van der Waals surface area contributed by atoms with E-state index in [2.05, 4.69) is 72.7 Å². The fraction of sp³-hybridized carbons (Fsp3) is 0.857. The second-order valence-corrected chi connectivity index (χ2v) is 13.3. The Kier molecular flexibility index (Phi) is 20.4. The van der Waals surface area contributed by atoms with E-state index in [1.807, 2.05) is 13.8 Å². The van der Waals surface area contributed by atoms with Crippen LogP contribution in [0, 0.1) is 11.8 Å². The van der Waals surface area contributed by atoms with Crippen molar-refractivity contribution >= 4 is 31.9 Å². The molecule has 7 heteroatoms. The van der Waals surface area contributed by atoms with Gasteiger partial charge >= 0.3 is 0 Å². The van der Waals surface area contributed by atoms with E-state index in [-0.39, 0.29) is 22.2 Å². The van der Waals surface area contributed by atoms with Crippen LogP contribution in [0.25, 0.3) is 0 Å². The Labute approximate surface area is 232 Å². The van der Waals surface area contributed by atoms with Crippen LogP contribution in [0.4, 0.5) is 0 Å². The summed E-state index contributed by atoms with van der Waals surface area (Å²) in [4.78, 5) is 0.428. The molecule has 0 heterocycles. The minimum atomic E-state index is -0.444. The van der Waals surface area contributed by atoms with Gasteiger partial charge in [-0.3, -0.25) is 0 Å². The molecule has 0 aliphatic heterocycles. The van der Waals surface area contributed by atoms with Gasteiger partial charge in [0.25, 0.3) is 0 Å². The summed E-state index contributed by atoms with van der Waals surface area (Å²) in [5, 5.41) is 20.0. The van der Waals surface area contributed by atoms with Crippen molar-refractivity contribution in [1.82, 2.24) is 0 Å². The van der Waals surface area contributed by atoms with Crippen LogP contribution in [0.3, 0.4) is 0 Å². The van der Waals surface area contributed by atoms with Gasteiger partial charge in [-0.1, -0.05) is 83.9 Å². The van der Waals surface area contributed by atoms with Gasteiger partial charge in [0, 0.05) is 22.5 Å². The van der Waals surface area contributed by atoms with E-state index in [4.69, 9.17) is 14.2 Å². The Bertz CT molecular complexity index is 522. The SMILES string of the molecule is C=C(C)C(O)CCCC(Br)CC(OCC(C)C)OC(CC(Br)CCCC(O)C(=C)C)OCC(C)C. The van der Waals surface area contributed by atoms with E-state index >= 15 is 0 Å². The lowest BCUT2D eigenvalue weighted by Crippen LogP contribution is -2.32. The molecule has 2 N–H and O–H groups in total. The fourth-order valence-electron chi connectivity index (χ4n) is 3.31. The molecule has 0 saturated heterocycles. The van der Waals surface area contributed by atoms with Crippen LogP contribution < -0.4 is 0 Å². The lowest BCUT2D eigenvalue weighted by Gasteiger charge is -2.29. The first-order valence-electron chi connectivity index (χ1n) is 13.1.